The second kappa shape index (κ2) is 32.9. The molecule has 2 N–H and O–H groups in total. The summed E-state index contributed by atoms with van der Waals surface area (Å²) in [5.41, 5.74) is 9.80. The maximum Gasteiger partial charge on any atom is 0.266 e. The van der Waals surface area contributed by atoms with Gasteiger partial charge in [0.2, 0.25) is 11.8 Å². The lowest BCUT2D eigenvalue weighted by Crippen LogP contribution is -2.27. The second-order valence-electron chi connectivity index (χ2n) is 28.0. The Morgan fingerprint density at radius 2 is 0.850 bits per heavy atom. The molecule has 0 bridgehead atoms. The van der Waals surface area contributed by atoms with E-state index in [4.69, 9.17) is 40.5 Å². The predicted molar refractivity (Wildman–Crippen MR) is 421 cm³/mol. The Bertz CT molecular complexity index is 5830. The average Bonchev–Trinajstić information content (AvgIpc) is 1.09. The van der Waals surface area contributed by atoms with Gasteiger partial charge in [-0.1, -0.05) is 142 Å². The largest absolute Gasteiger partial charge is 0.465 e. The third kappa shape index (κ3) is 17.3. The minimum Gasteiger partial charge on any atom is -0.465 e. The number of para-hydroxylation sites is 3. The fourth-order valence-electron chi connectivity index (χ4n) is 11.9. The predicted octanol–water partition coefficient (Wildman–Crippen LogP) is 14.3. The van der Waals surface area contributed by atoms with Crippen molar-refractivity contribution in [2.75, 3.05) is 13.2 Å². The average molecular weight is 1490 g/mol. The van der Waals surface area contributed by atoms with Crippen LogP contribution in [0.3, 0.4) is 0 Å². The number of fused-ring (bicyclic) bond motifs is 6. The summed E-state index contributed by atoms with van der Waals surface area (Å²) in [7, 11) is -2.21. The van der Waals surface area contributed by atoms with E-state index >= 15 is 0 Å². The van der Waals surface area contributed by atoms with E-state index in [2.05, 4.69) is 94.1 Å². The van der Waals surface area contributed by atoms with Gasteiger partial charge < -0.3 is 29.0 Å². The molecular weight excluding hydrogens is 1410 g/mol. The van der Waals surface area contributed by atoms with Gasteiger partial charge >= 0.3 is 0 Å². The first kappa shape index (κ1) is 75.3. The first-order valence-electron chi connectivity index (χ1n) is 34.9. The van der Waals surface area contributed by atoms with E-state index < -0.39 is 34.5 Å². The second-order valence-corrected chi connectivity index (χ2v) is 39.6. The molecule has 0 aliphatic rings. The minimum absolute atomic E-state index is 0.135. The van der Waals surface area contributed by atoms with Crippen LogP contribution in [0.2, 0.25) is 56.5 Å². The zero-order chi connectivity index (χ0) is 75.7. The van der Waals surface area contributed by atoms with Crippen LogP contribution in [0.15, 0.2) is 198 Å². The van der Waals surface area contributed by atoms with Crippen molar-refractivity contribution in [3.05, 3.63) is 254 Å². The molecule has 3 atom stereocenters. The van der Waals surface area contributed by atoms with E-state index in [0.717, 1.165) is 41.1 Å². The van der Waals surface area contributed by atoms with Gasteiger partial charge in [0.15, 0.2) is 51.5 Å². The number of rotatable bonds is 20. The molecule has 0 saturated carbocycles. The molecule has 15 aromatic rings. The molecule has 548 valence electrons. The third-order valence-electron chi connectivity index (χ3n) is 17.5. The fraction of sp³-hybridized carbons (Fsp3) is 0.269. The summed E-state index contributed by atoms with van der Waals surface area (Å²) >= 11 is 5.93. The van der Waals surface area contributed by atoms with Crippen LogP contribution in [-0.4, -0.2) is 122 Å². The zero-order valence-electron chi connectivity index (χ0n) is 61.6. The molecule has 26 nitrogen and oxygen atoms in total. The van der Waals surface area contributed by atoms with Crippen LogP contribution in [0, 0.1) is 20.8 Å². The SMILES string of the molecule is C[Si](C)(C)CCOCn1cnc2c(Cl)ncnc21.Cc1cccc2nc(C(C)O)n(-c3ccccc3)c(=O)c12.Cc1cccc2nc(C(C)Oc3ncnc4c3ncn4COCC[Si](C)(C)C)n(-c3ccccc3)c(=O)c12.Cc1cccc2nc(C(C)Oc3ncnc4nc[nH]c34)n(-c3ccccc3)c(=O)c12. The lowest BCUT2D eigenvalue weighted by molar-refractivity contribution is 0.0893. The number of nitrogens with zero attached hydrogens (tertiary/aromatic N) is 17. The van der Waals surface area contributed by atoms with Gasteiger partial charge in [0.25, 0.3) is 16.7 Å². The van der Waals surface area contributed by atoms with Crippen molar-refractivity contribution in [3.8, 4) is 28.8 Å². The van der Waals surface area contributed by atoms with Crippen molar-refractivity contribution in [1.82, 2.24) is 87.6 Å². The molecule has 0 amide bonds. The Morgan fingerprint density at radius 3 is 1.30 bits per heavy atom. The number of hydrogen-bond donors (Lipinski definition) is 2. The van der Waals surface area contributed by atoms with Crippen LogP contribution in [0.1, 0.15) is 73.2 Å². The molecule has 6 aromatic carbocycles. The number of ether oxygens (including phenoxy) is 4. The molecule has 107 heavy (non-hydrogen) atoms. The van der Waals surface area contributed by atoms with E-state index in [1.165, 1.54) is 29.9 Å². The van der Waals surface area contributed by atoms with Crippen molar-refractivity contribution < 1.29 is 24.1 Å². The van der Waals surface area contributed by atoms with E-state index in [-0.39, 0.29) is 16.7 Å². The van der Waals surface area contributed by atoms with Crippen molar-refractivity contribution in [2.45, 2.75) is 125 Å². The molecule has 0 fully saturated rings. The number of aryl methyl sites for hydroxylation is 3. The van der Waals surface area contributed by atoms with Gasteiger partial charge in [-0.05, 0) is 125 Å². The third-order valence-corrected chi connectivity index (χ3v) is 21.2. The molecule has 0 aliphatic heterocycles. The highest BCUT2D eigenvalue weighted by molar-refractivity contribution is 6.76. The maximum absolute atomic E-state index is 13.7. The molecule has 15 rings (SSSR count). The number of aliphatic hydroxyl groups excluding tert-OH is 1. The normalized spacial score (nSPS) is 12.5. The number of imidazole rings is 3. The number of aliphatic hydroxyl groups is 1. The Morgan fingerprint density at radius 1 is 0.458 bits per heavy atom. The molecule has 9 heterocycles. The number of hydrogen-bond acceptors (Lipinski definition) is 20. The van der Waals surface area contributed by atoms with Crippen LogP contribution >= 0.6 is 11.6 Å². The van der Waals surface area contributed by atoms with E-state index in [1.807, 2.05) is 183 Å². The Labute approximate surface area is 622 Å². The molecule has 29 heteroatoms. The number of H-pyrrole nitrogens is 1. The number of aromatic nitrogens is 18. The van der Waals surface area contributed by atoms with Crippen molar-refractivity contribution >= 4 is 93.9 Å². The lowest BCUT2D eigenvalue weighted by Gasteiger charge is -2.20. The topological polar surface area (TPSA) is 303 Å². The molecule has 3 unspecified atom stereocenters. The van der Waals surface area contributed by atoms with Crippen LogP contribution in [0.4, 0.5) is 0 Å². The molecule has 0 spiro atoms. The minimum atomic E-state index is -1.17. The smallest absolute Gasteiger partial charge is 0.266 e. The van der Waals surface area contributed by atoms with Crippen LogP contribution < -0.4 is 26.2 Å². The Balaban J connectivity index is 0.000000139. The summed E-state index contributed by atoms with van der Waals surface area (Å²) in [6, 6.07) is 47.3. The van der Waals surface area contributed by atoms with Gasteiger partial charge in [0, 0.05) is 29.4 Å². The maximum atomic E-state index is 13.7. The summed E-state index contributed by atoms with van der Waals surface area (Å²) < 4.78 is 32.4. The first-order chi connectivity index (χ1) is 51.4. The van der Waals surface area contributed by atoms with Gasteiger partial charge in [-0.3, -0.25) is 37.2 Å². The van der Waals surface area contributed by atoms with E-state index in [9.17, 15) is 19.5 Å². The number of nitrogens with one attached hydrogen (secondary N) is 1. The monoisotopic (exact) mass is 1490 g/mol. The highest BCUT2D eigenvalue weighted by Crippen LogP contribution is 2.30. The lowest BCUT2D eigenvalue weighted by atomic mass is 10.1. The summed E-state index contributed by atoms with van der Waals surface area (Å²) in [4.78, 5) is 95.3. The summed E-state index contributed by atoms with van der Waals surface area (Å²) in [6.07, 6.45) is 7.18. The van der Waals surface area contributed by atoms with Gasteiger partial charge in [0.05, 0.1) is 68.8 Å². The van der Waals surface area contributed by atoms with E-state index in [1.54, 1.807) is 34.8 Å². The quantitative estimate of drug-likeness (QED) is 0.0407. The molecular formula is C78H83ClN18O8Si2. The van der Waals surface area contributed by atoms with Gasteiger partial charge in [-0.25, -0.2) is 49.8 Å². The number of benzene rings is 6. The molecule has 0 radical (unpaired) electrons. The van der Waals surface area contributed by atoms with E-state index in [0.29, 0.717) is 132 Å². The Kier molecular flexibility index (Phi) is 23.2. The first-order valence-corrected chi connectivity index (χ1v) is 42.7. The van der Waals surface area contributed by atoms with Crippen molar-refractivity contribution in [2.24, 2.45) is 0 Å². The highest BCUT2D eigenvalue weighted by atomic mass is 35.5. The number of halogens is 1. The molecule has 0 aliphatic carbocycles. The van der Waals surface area contributed by atoms with Gasteiger partial charge in [-0.2, -0.15) is 9.97 Å². The van der Waals surface area contributed by atoms with Crippen LogP contribution in [0.25, 0.3) is 83.3 Å². The fourth-order valence-corrected chi connectivity index (χ4v) is 13.6. The summed E-state index contributed by atoms with van der Waals surface area (Å²) in [6.45, 7) is 27.3. The van der Waals surface area contributed by atoms with Crippen molar-refractivity contribution in [1.29, 1.82) is 0 Å². The molecule has 0 saturated heterocycles. The van der Waals surface area contributed by atoms with Gasteiger partial charge in [0.1, 0.15) is 55.4 Å². The summed E-state index contributed by atoms with van der Waals surface area (Å²) in [5.74, 6) is 1.98. The zero-order valence-corrected chi connectivity index (χ0v) is 64.3. The molecule has 9 aromatic heterocycles. The summed E-state index contributed by atoms with van der Waals surface area (Å²) in [5, 5.41) is 12.1. The highest BCUT2D eigenvalue weighted by Gasteiger charge is 2.26. The number of aromatic amines is 1. The van der Waals surface area contributed by atoms with Crippen LogP contribution in [-0.2, 0) is 22.9 Å². The Hall–Kier alpha value is -11.4. The van der Waals surface area contributed by atoms with Crippen molar-refractivity contribution in [3.63, 3.8) is 0 Å². The van der Waals surface area contributed by atoms with Gasteiger partial charge in [-0.15, -0.1) is 0 Å². The standard InChI is InChI=1S/C28H32N6O3Si.C22H18N6O2.C17H16N2O2.C11H17ClN4OSi/c1-19-10-9-13-22-23(19)28(35)34(21-11-7-6-8-12-21)25(32-22)20(2)37-27-24-26(29-16-30-27)33(17-31-24)18-36-14-15-38(3,4)5;1-13-7-6-10-16-17(13)22(29)28(15-8-4-3-5-9-15)20(27-16)14(2)30-21-18-19(24-11-23-18)25-12-26-21;1-11-7-6-10-14-15(11)17(21)19(16(18-14)12(2)20)13-8-4-3-5-9-13;1-18(2,3)5-4-17-8-16-7-15-9-10(12)13-6-14-11(9)16/h6-13,16-17,20H,14-15,18H2,1-5H3;3-12,14H,1-2H3,(H,23,24,25,26);3-10,12,20H,1-2H3;6-7H,4-5,8H2,1-3H3. The van der Waals surface area contributed by atoms with Crippen LogP contribution in [0.5, 0.6) is 11.8 Å².